The number of nitrogens with one attached hydrogen (secondary N) is 3. The van der Waals surface area contributed by atoms with E-state index in [2.05, 4.69) is 28.6 Å². The summed E-state index contributed by atoms with van der Waals surface area (Å²) in [4.78, 5) is 49.9. The van der Waals surface area contributed by atoms with Gasteiger partial charge in [-0.25, -0.2) is 4.79 Å². The number of carboxylic acids is 1. The van der Waals surface area contributed by atoms with Crippen LogP contribution in [0, 0.1) is 0 Å². The van der Waals surface area contributed by atoms with Gasteiger partial charge in [-0.3, -0.25) is 14.4 Å². The minimum Gasteiger partial charge on any atom is -0.508 e. The number of amides is 3. The molecule has 12 heteroatoms. The van der Waals surface area contributed by atoms with Crippen LogP contribution in [0.2, 0.25) is 0 Å². The molecule has 5 unspecified atom stereocenters. The SMILES string of the molecule is CC(O)C(NC(=O)C(Cc1ccc(O)cc1)NC(=O)C(N)Cc1ccccc1)C(=O)NC(CS)C(=O)O. The Morgan fingerprint density at radius 3 is 1.95 bits per heavy atom. The molecule has 0 aliphatic heterocycles. The molecule has 2 aromatic carbocycles. The zero-order valence-electron chi connectivity index (χ0n) is 20.2. The van der Waals surface area contributed by atoms with Gasteiger partial charge in [0.25, 0.3) is 0 Å². The fraction of sp³-hybridized carbons (Fsp3) is 0.360. The summed E-state index contributed by atoms with van der Waals surface area (Å²) >= 11 is 3.88. The lowest BCUT2D eigenvalue weighted by atomic mass is 10.0. The van der Waals surface area contributed by atoms with E-state index >= 15 is 0 Å². The van der Waals surface area contributed by atoms with Gasteiger partial charge in [-0.1, -0.05) is 42.5 Å². The molecule has 2 aromatic rings. The molecular formula is C25H32N4O7S. The number of aromatic hydroxyl groups is 1. The van der Waals surface area contributed by atoms with Crippen LogP contribution in [0.25, 0.3) is 0 Å². The Morgan fingerprint density at radius 2 is 1.41 bits per heavy atom. The standard InChI is InChI=1S/C25H32N4O7S/c1-14(30)21(24(34)28-20(13-37)25(35)36)29-23(33)19(12-16-7-9-17(31)10-8-16)27-22(32)18(26)11-15-5-3-2-4-6-15/h2-10,14,18-21,30-31,37H,11-13,26H2,1H3,(H,27,32)(H,28,34)(H,29,33)(H,35,36). The van der Waals surface area contributed by atoms with Crippen LogP contribution < -0.4 is 21.7 Å². The molecule has 200 valence electrons. The van der Waals surface area contributed by atoms with E-state index in [0.717, 1.165) is 5.56 Å². The molecule has 0 saturated heterocycles. The molecule has 0 fully saturated rings. The first-order valence-corrected chi connectivity index (χ1v) is 12.1. The summed E-state index contributed by atoms with van der Waals surface area (Å²) < 4.78 is 0. The quantitative estimate of drug-likeness (QED) is 0.156. The van der Waals surface area contributed by atoms with Crippen molar-refractivity contribution in [2.45, 2.75) is 50.0 Å². The number of carbonyl (C=O) groups excluding carboxylic acids is 3. The van der Waals surface area contributed by atoms with Crippen LogP contribution in [0.5, 0.6) is 5.75 Å². The van der Waals surface area contributed by atoms with Gasteiger partial charge in [0.2, 0.25) is 17.7 Å². The number of aliphatic hydroxyl groups excluding tert-OH is 1. The zero-order valence-corrected chi connectivity index (χ0v) is 21.1. The predicted octanol–water partition coefficient (Wildman–Crippen LogP) is -0.646. The van der Waals surface area contributed by atoms with E-state index in [-0.39, 0.29) is 24.3 Å². The lowest BCUT2D eigenvalue weighted by Crippen LogP contribution is -2.60. The van der Waals surface area contributed by atoms with Crippen molar-refractivity contribution in [2.75, 3.05) is 5.75 Å². The highest BCUT2D eigenvalue weighted by molar-refractivity contribution is 7.80. The van der Waals surface area contributed by atoms with E-state index < -0.39 is 54.0 Å². The Kier molecular flexibility index (Phi) is 11.4. The number of rotatable bonds is 13. The van der Waals surface area contributed by atoms with Gasteiger partial charge < -0.3 is 37.0 Å². The highest BCUT2D eigenvalue weighted by Gasteiger charge is 2.32. The summed E-state index contributed by atoms with van der Waals surface area (Å²) in [5.74, 6) is -3.86. The van der Waals surface area contributed by atoms with Crippen molar-refractivity contribution in [3.05, 3.63) is 65.7 Å². The summed E-state index contributed by atoms with van der Waals surface area (Å²) in [7, 11) is 0. The van der Waals surface area contributed by atoms with E-state index in [1.165, 1.54) is 19.1 Å². The summed E-state index contributed by atoms with van der Waals surface area (Å²) in [6, 6.07) is 10.0. The van der Waals surface area contributed by atoms with Gasteiger partial charge in [0, 0.05) is 12.2 Å². The summed E-state index contributed by atoms with van der Waals surface area (Å²) in [6.07, 6.45) is -1.18. The van der Waals surface area contributed by atoms with Crippen molar-refractivity contribution in [3.63, 3.8) is 0 Å². The predicted molar refractivity (Wildman–Crippen MR) is 139 cm³/mol. The smallest absolute Gasteiger partial charge is 0.327 e. The molecular weight excluding hydrogens is 500 g/mol. The Morgan fingerprint density at radius 1 is 0.838 bits per heavy atom. The number of hydrogen-bond donors (Lipinski definition) is 8. The van der Waals surface area contributed by atoms with E-state index in [1.54, 1.807) is 12.1 Å². The molecule has 0 radical (unpaired) electrons. The second-order valence-corrected chi connectivity index (χ2v) is 8.90. The Balaban J connectivity index is 2.20. The largest absolute Gasteiger partial charge is 0.508 e. The van der Waals surface area contributed by atoms with E-state index in [0.29, 0.717) is 5.56 Å². The van der Waals surface area contributed by atoms with Crippen molar-refractivity contribution in [2.24, 2.45) is 5.73 Å². The number of hydrogen-bond acceptors (Lipinski definition) is 8. The lowest BCUT2D eigenvalue weighted by Gasteiger charge is -2.26. The maximum atomic E-state index is 13.2. The topological polar surface area (TPSA) is 191 Å². The maximum absolute atomic E-state index is 13.2. The molecule has 0 aliphatic carbocycles. The second-order valence-electron chi connectivity index (χ2n) is 8.54. The normalized spacial score (nSPS) is 14.9. The molecule has 2 rings (SSSR count). The Labute approximate surface area is 219 Å². The average molecular weight is 533 g/mol. The number of phenolic OH excluding ortho intramolecular Hbond substituents is 1. The number of benzene rings is 2. The number of aliphatic carboxylic acids is 1. The summed E-state index contributed by atoms with van der Waals surface area (Å²) in [6.45, 7) is 1.25. The number of carbonyl (C=O) groups is 4. The van der Waals surface area contributed by atoms with Crippen LogP contribution in [0.4, 0.5) is 0 Å². The number of phenols is 1. The molecule has 0 bridgehead atoms. The highest BCUT2D eigenvalue weighted by atomic mass is 32.1. The third-order valence-corrected chi connectivity index (χ3v) is 5.87. The van der Waals surface area contributed by atoms with E-state index in [4.69, 9.17) is 10.8 Å². The van der Waals surface area contributed by atoms with Crippen molar-refractivity contribution >= 4 is 36.3 Å². The van der Waals surface area contributed by atoms with Gasteiger partial charge in [0.15, 0.2) is 0 Å². The van der Waals surface area contributed by atoms with Gasteiger partial charge in [0.1, 0.15) is 23.9 Å². The van der Waals surface area contributed by atoms with Crippen LogP contribution in [0.1, 0.15) is 18.1 Å². The van der Waals surface area contributed by atoms with Crippen LogP contribution in [0.15, 0.2) is 54.6 Å². The van der Waals surface area contributed by atoms with Crippen LogP contribution >= 0.6 is 12.6 Å². The molecule has 11 nitrogen and oxygen atoms in total. The Bertz CT molecular complexity index is 1070. The fourth-order valence-electron chi connectivity index (χ4n) is 3.42. The van der Waals surface area contributed by atoms with Crippen molar-refractivity contribution < 1.29 is 34.5 Å². The van der Waals surface area contributed by atoms with Gasteiger partial charge in [-0.15, -0.1) is 0 Å². The zero-order chi connectivity index (χ0) is 27.5. The number of aliphatic hydroxyl groups is 1. The number of thiol groups is 1. The van der Waals surface area contributed by atoms with Gasteiger partial charge in [-0.05, 0) is 36.6 Å². The molecule has 0 aromatic heterocycles. The molecule has 8 N–H and O–H groups in total. The average Bonchev–Trinajstić information content (AvgIpc) is 2.86. The first kappa shape index (κ1) is 29.6. The third kappa shape index (κ3) is 9.41. The lowest BCUT2D eigenvalue weighted by molar-refractivity contribution is -0.142. The summed E-state index contributed by atoms with van der Waals surface area (Å²) in [5, 5.41) is 36.0. The van der Waals surface area contributed by atoms with Crippen LogP contribution in [-0.4, -0.2) is 75.0 Å². The van der Waals surface area contributed by atoms with E-state index in [1.807, 2.05) is 30.3 Å². The first-order valence-electron chi connectivity index (χ1n) is 11.5. The third-order valence-electron chi connectivity index (χ3n) is 5.50. The first-order chi connectivity index (χ1) is 17.5. The van der Waals surface area contributed by atoms with Crippen LogP contribution in [0.3, 0.4) is 0 Å². The van der Waals surface area contributed by atoms with Crippen molar-refractivity contribution in [3.8, 4) is 5.75 Å². The fourth-order valence-corrected chi connectivity index (χ4v) is 3.67. The molecule has 5 atom stereocenters. The molecule has 0 spiro atoms. The second kappa shape index (κ2) is 14.2. The van der Waals surface area contributed by atoms with E-state index in [9.17, 15) is 29.4 Å². The molecule has 0 heterocycles. The minimum absolute atomic E-state index is 0.0154. The molecule has 0 saturated carbocycles. The monoisotopic (exact) mass is 532 g/mol. The van der Waals surface area contributed by atoms with Crippen molar-refractivity contribution in [1.29, 1.82) is 0 Å². The van der Waals surface area contributed by atoms with Crippen molar-refractivity contribution in [1.82, 2.24) is 16.0 Å². The Hall–Kier alpha value is -3.61. The van der Waals surface area contributed by atoms with Gasteiger partial charge >= 0.3 is 5.97 Å². The molecule has 0 aliphatic rings. The molecule has 3 amide bonds. The summed E-state index contributed by atoms with van der Waals surface area (Å²) in [5.41, 5.74) is 7.48. The minimum atomic E-state index is -1.51. The molecule has 37 heavy (non-hydrogen) atoms. The van der Waals surface area contributed by atoms with Gasteiger partial charge in [-0.2, -0.15) is 12.6 Å². The van der Waals surface area contributed by atoms with Crippen LogP contribution in [-0.2, 0) is 32.0 Å². The highest BCUT2D eigenvalue weighted by Crippen LogP contribution is 2.12. The van der Waals surface area contributed by atoms with Gasteiger partial charge in [0.05, 0.1) is 12.1 Å². The number of carboxylic acid groups (broad SMARTS) is 1. The maximum Gasteiger partial charge on any atom is 0.327 e. The number of nitrogens with two attached hydrogens (primary N) is 1.